The van der Waals surface area contributed by atoms with Crippen molar-refractivity contribution >= 4 is 11.6 Å². The van der Waals surface area contributed by atoms with Crippen LogP contribution in [0.2, 0.25) is 0 Å². The maximum atomic E-state index is 11.8. The van der Waals surface area contributed by atoms with Crippen molar-refractivity contribution in [3.8, 4) is 0 Å². The van der Waals surface area contributed by atoms with Gasteiger partial charge in [0, 0.05) is 24.7 Å². The van der Waals surface area contributed by atoms with Gasteiger partial charge in [0.15, 0.2) is 0 Å². The summed E-state index contributed by atoms with van der Waals surface area (Å²) in [4.78, 5) is 14.1. The number of carbonyl (C=O) groups excluding carboxylic acids is 1. The van der Waals surface area contributed by atoms with E-state index < -0.39 is 0 Å². The van der Waals surface area contributed by atoms with Crippen molar-refractivity contribution in [3.05, 3.63) is 30.3 Å². The highest BCUT2D eigenvalue weighted by Crippen LogP contribution is 2.16. The number of benzene rings is 1. The van der Waals surface area contributed by atoms with E-state index in [-0.39, 0.29) is 18.6 Å². The Labute approximate surface area is 114 Å². The molecule has 1 aliphatic heterocycles. The summed E-state index contributed by atoms with van der Waals surface area (Å²) in [6, 6.07) is 9.74. The maximum absolute atomic E-state index is 11.8. The van der Waals surface area contributed by atoms with Gasteiger partial charge >= 0.3 is 0 Å². The topological polar surface area (TPSA) is 52.6 Å². The summed E-state index contributed by atoms with van der Waals surface area (Å²) in [6.07, 6.45) is 3.86. The molecule has 0 spiro atoms. The summed E-state index contributed by atoms with van der Waals surface area (Å²) in [6.45, 7) is 1.91. The number of piperidine rings is 1. The average Bonchev–Trinajstić information content (AvgIpc) is 2.46. The summed E-state index contributed by atoms with van der Waals surface area (Å²) in [5, 5.41) is 12.2. The fraction of sp³-hybridized carbons (Fsp3) is 0.533. The Balaban J connectivity index is 1.76. The van der Waals surface area contributed by atoms with Gasteiger partial charge in [-0.05, 0) is 31.5 Å². The first kappa shape index (κ1) is 14.0. The molecule has 2 rings (SSSR count). The van der Waals surface area contributed by atoms with Crippen LogP contribution in [0.25, 0.3) is 0 Å². The number of likely N-dealkylation sites (tertiary alicyclic amines) is 1. The first-order chi connectivity index (χ1) is 9.29. The third-order valence-corrected chi connectivity index (χ3v) is 3.64. The number of amides is 1. The lowest BCUT2D eigenvalue weighted by molar-refractivity contribution is -0.116. The minimum atomic E-state index is 0.0356. The molecule has 1 amide bonds. The molecule has 1 heterocycles. The number of aliphatic hydroxyl groups is 1. The normalized spacial score (nSPS) is 20.2. The number of para-hydroxylation sites is 1. The number of anilines is 1. The van der Waals surface area contributed by atoms with Crippen LogP contribution >= 0.6 is 0 Å². The Morgan fingerprint density at radius 2 is 2.11 bits per heavy atom. The van der Waals surface area contributed by atoms with Gasteiger partial charge in [0.2, 0.25) is 5.91 Å². The van der Waals surface area contributed by atoms with Crippen LogP contribution in [-0.2, 0) is 4.79 Å². The van der Waals surface area contributed by atoms with Gasteiger partial charge in [0.05, 0.1) is 6.61 Å². The van der Waals surface area contributed by atoms with Crippen LogP contribution < -0.4 is 5.32 Å². The van der Waals surface area contributed by atoms with E-state index in [1.807, 2.05) is 30.3 Å². The molecule has 0 aliphatic carbocycles. The molecule has 0 aromatic heterocycles. The Morgan fingerprint density at radius 1 is 1.32 bits per heavy atom. The zero-order valence-corrected chi connectivity index (χ0v) is 11.2. The molecule has 1 aromatic rings. The maximum Gasteiger partial charge on any atom is 0.225 e. The lowest BCUT2D eigenvalue weighted by Gasteiger charge is -2.34. The van der Waals surface area contributed by atoms with E-state index in [0.717, 1.165) is 31.6 Å². The van der Waals surface area contributed by atoms with Gasteiger partial charge in [-0.1, -0.05) is 24.6 Å². The number of carbonyl (C=O) groups is 1. The summed E-state index contributed by atoms with van der Waals surface area (Å²) in [5.74, 6) is 0.0356. The fourth-order valence-electron chi connectivity index (χ4n) is 2.55. The molecule has 1 atom stereocenters. The first-order valence-corrected chi connectivity index (χ1v) is 6.99. The van der Waals surface area contributed by atoms with Crippen LogP contribution in [0.15, 0.2) is 30.3 Å². The Bertz CT molecular complexity index is 394. The Hall–Kier alpha value is -1.39. The molecule has 1 aromatic carbocycles. The van der Waals surface area contributed by atoms with Gasteiger partial charge in [-0.15, -0.1) is 0 Å². The first-order valence-electron chi connectivity index (χ1n) is 6.99. The number of hydrogen-bond donors (Lipinski definition) is 2. The smallest absolute Gasteiger partial charge is 0.225 e. The standard InChI is InChI=1S/C15H22N2O2/c18-12-14-8-4-5-10-17(14)11-9-15(19)16-13-6-2-1-3-7-13/h1-3,6-7,14,18H,4-5,8-12H2,(H,16,19). The van der Waals surface area contributed by atoms with Crippen molar-refractivity contribution in [2.24, 2.45) is 0 Å². The summed E-state index contributed by atoms with van der Waals surface area (Å²) < 4.78 is 0. The van der Waals surface area contributed by atoms with Crippen molar-refractivity contribution in [3.63, 3.8) is 0 Å². The quantitative estimate of drug-likeness (QED) is 0.851. The van der Waals surface area contributed by atoms with E-state index in [2.05, 4.69) is 10.2 Å². The molecule has 1 fully saturated rings. The number of hydrogen-bond acceptors (Lipinski definition) is 3. The van der Waals surface area contributed by atoms with E-state index in [1.165, 1.54) is 6.42 Å². The molecule has 1 saturated heterocycles. The number of nitrogens with one attached hydrogen (secondary N) is 1. The van der Waals surface area contributed by atoms with Gasteiger partial charge in [0.25, 0.3) is 0 Å². The van der Waals surface area contributed by atoms with Crippen LogP contribution in [0.3, 0.4) is 0 Å². The number of rotatable bonds is 5. The van der Waals surface area contributed by atoms with E-state index in [0.29, 0.717) is 6.42 Å². The van der Waals surface area contributed by atoms with E-state index in [9.17, 15) is 9.90 Å². The highest BCUT2D eigenvalue weighted by molar-refractivity contribution is 5.90. The third kappa shape index (κ3) is 4.33. The summed E-state index contributed by atoms with van der Waals surface area (Å²) in [5.41, 5.74) is 0.838. The molecule has 1 unspecified atom stereocenters. The second-order valence-corrected chi connectivity index (χ2v) is 5.03. The zero-order chi connectivity index (χ0) is 13.5. The van der Waals surface area contributed by atoms with Crippen molar-refractivity contribution in [1.29, 1.82) is 0 Å². The second-order valence-electron chi connectivity index (χ2n) is 5.03. The summed E-state index contributed by atoms with van der Waals surface area (Å²) >= 11 is 0. The molecule has 0 radical (unpaired) electrons. The van der Waals surface area contributed by atoms with Gasteiger partial charge in [-0.3, -0.25) is 9.69 Å². The van der Waals surface area contributed by atoms with Crippen LogP contribution in [0.4, 0.5) is 5.69 Å². The Kier molecular flexibility index (Phi) is 5.36. The largest absolute Gasteiger partial charge is 0.395 e. The van der Waals surface area contributed by atoms with Crippen molar-refractivity contribution in [2.45, 2.75) is 31.7 Å². The molecule has 4 nitrogen and oxygen atoms in total. The minimum absolute atomic E-state index is 0.0356. The lowest BCUT2D eigenvalue weighted by Crippen LogP contribution is -2.43. The van der Waals surface area contributed by atoms with Crippen molar-refractivity contribution in [2.75, 3.05) is 25.0 Å². The van der Waals surface area contributed by atoms with Crippen LogP contribution in [0, 0.1) is 0 Å². The summed E-state index contributed by atoms with van der Waals surface area (Å²) in [7, 11) is 0. The van der Waals surface area contributed by atoms with Crippen molar-refractivity contribution < 1.29 is 9.90 Å². The van der Waals surface area contributed by atoms with Gasteiger partial charge in [-0.2, -0.15) is 0 Å². The van der Waals surface area contributed by atoms with Crippen LogP contribution in [0.5, 0.6) is 0 Å². The third-order valence-electron chi connectivity index (χ3n) is 3.64. The molecule has 1 aliphatic rings. The monoisotopic (exact) mass is 262 g/mol. The van der Waals surface area contributed by atoms with Crippen LogP contribution in [-0.4, -0.2) is 41.7 Å². The molecule has 0 saturated carbocycles. The van der Waals surface area contributed by atoms with E-state index in [1.54, 1.807) is 0 Å². The van der Waals surface area contributed by atoms with Crippen LogP contribution in [0.1, 0.15) is 25.7 Å². The SMILES string of the molecule is O=C(CCN1CCCCC1CO)Nc1ccccc1. The van der Waals surface area contributed by atoms with Crippen molar-refractivity contribution in [1.82, 2.24) is 4.90 Å². The predicted molar refractivity (Wildman–Crippen MR) is 76.0 cm³/mol. The molecule has 104 valence electrons. The van der Waals surface area contributed by atoms with E-state index in [4.69, 9.17) is 0 Å². The molecule has 4 heteroatoms. The number of aliphatic hydroxyl groups excluding tert-OH is 1. The predicted octanol–water partition coefficient (Wildman–Crippen LogP) is 1.86. The minimum Gasteiger partial charge on any atom is -0.395 e. The van der Waals surface area contributed by atoms with Gasteiger partial charge in [-0.25, -0.2) is 0 Å². The number of nitrogens with zero attached hydrogens (tertiary/aromatic N) is 1. The molecule has 0 bridgehead atoms. The fourth-order valence-corrected chi connectivity index (χ4v) is 2.55. The van der Waals surface area contributed by atoms with Gasteiger partial charge in [0.1, 0.15) is 0 Å². The zero-order valence-electron chi connectivity index (χ0n) is 11.2. The highest BCUT2D eigenvalue weighted by Gasteiger charge is 2.21. The Morgan fingerprint density at radius 3 is 2.84 bits per heavy atom. The average molecular weight is 262 g/mol. The highest BCUT2D eigenvalue weighted by atomic mass is 16.3. The van der Waals surface area contributed by atoms with Gasteiger partial charge < -0.3 is 10.4 Å². The molecule has 19 heavy (non-hydrogen) atoms. The lowest BCUT2D eigenvalue weighted by atomic mass is 10.0. The molecular formula is C15H22N2O2. The second kappa shape index (κ2) is 7.26. The van der Waals surface area contributed by atoms with E-state index >= 15 is 0 Å². The molecular weight excluding hydrogens is 240 g/mol. The molecule has 2 N–H and O–H groups in total.